The first-order chi connectivity index (χ1) is 23.5. The second-order valence-corrected chi connectivity index (χ2v) is 16.4. The highest BCUT2D eigenvalue weighted by molar-refractivity contribution is 6.06. The van der Waals surface area contributed by atoms with E-state index in [1.807, 2.05) is 13.0 Å². The van der Waals surface area contributed by atoms with Crippen LogP contribution in [0, 0.1) is 33.0 Å². The van der Waals surface area contributed by atoms with Crippen LogP contribution in [0.5, 0.6) is 11.5 Å². The van der Waals surface area contributed by atoms with Gasteiger partial charge in [-0.3, -0.25) is 9.59 Å². The van der Waals surface area contributed by atoms with Gasteiger partial charge in [0.05, 0.1) is 19.6 Å². The smallest absolute Gasteiger partial charge is 0.330 e. The summed E-state index contributed by atoms with van der Waals surface area (Å²) in [7, 11) is 2.89. The Balaban J connectivity index is 1.18. The third-order valence-electron chi connectivity index (χ3n) is 13.7. The Bertz CT molecular complexity index is 1780. The molecule has 1 aromatic rings. The van der Waals surface area contributed by atoms with E-state index in [2.05, 4.69) is 51.5 Å². The van der Waals surface area contributed by atoms with Crippen LogP contribution in [0.1, 0.15) is 92.1 Å². The molecule has 6 atom stereocenters. The van der Waals surface area contributed by atoms with Crippen molar-refractivity contribution in [3.63, 3.8) is 0 Å². The van der Waals surface area contributed by atoms with Gasteiger partial charge >= 0.3 is 11.9 Å². The highest BCUT2D eigenvalue weighted by Crippen LogP contribution is 2.75. The number of benzene rings is 1. The first-order valence-corrected chi connectivity index (χ1v) is 17.9. The van der Waals surface area contributed by atoms with E-state index < -0.39 is 11.4 Å². The van der Waals surface area contributed by atoms with E-state index in [-0.39, 0.29) is 52.4 Å². The molecule has 50 heavy (non-hydrogen) atoms. The van der Waals surface area contributed by atoms with Crippen LogP contribution in [0.3, 0.4) is 0 Å². The zero-order chi connectivity index (χ0) is 36.3. The largest absolute Gasteiger partial charge is 0.504 e. The van der Waals surface area contributed by atoms with E-state index in [4.69, 9.17) is 14.2 Å². The van der Waals surface area contributed by atoms with Gasteiger partial charge in [0.2, 0.25) is 5.78 Å². The van der Waals surface area contributed by atoms with Gasteiger partial charge in [-0.05, 0) is 122 Å². The van der Waals surface area contributed by atoms with Crippen LogP contribution in [-0.4, -0.2) is 50.3 Å². The number of allylic oxidation sites excluding steroid dienone is 7. The molecule has 0 amide bonds. The monoisotopic (exact) mass is 684 g/mol. The number of ketones is 1. The number of hydrogen-bond acceptors (Lipinski definition) is 8. The Morgan fingerprint density at radius 3 is 2.40 bits per heavy atom. The molecule has 268 valence electrons. The summed E-state index contributed by atoms with van der Waals surface area (Å²) in [5.41, 5.74) is 3.82. The third-order valence-corrected chi connectivity index (χ3v) is 13.7. The second kappa shape index (κ2) is 12.6. The summed E-state index contributed by atoms with van der Waals surface area (Å²) in [6, 6.07) is 5.34. The molecular formula is C42H52O8. The molecule has 5 aliphatic carbocycles. The van der Waals surface area contributed by atoms with E-state index in [1.54, 1.807) is 31.4 Å². The standard InChI is InChI=1S/C42H52O8/c1-26-28-11-13-33-40(4,29(28)24-30(43)36(26)45)18-20-42(6)34-25-39(3,16-15-38(34,2)17-19-41(33,42)5)37(46)50-22-21-49-32-23-27(9-12-31(32)47-7)10-14-35(44)48-8/h9-14,23-24,34,45H,15-22,25H2,1-8H3/b14-10-/t34-,38-,39-,40+,41-,42+/m1/s1. The molecule has 0 aliphatic heterocycles. The fourth-order valence-corrected chi connectivity index (χ4v) is 10.2. The summed E-state index contributed by atoms with van der Waals surface area (Å²) >= 11 is 0. The van der Waals surface area contributed by atoms with Gasteiger partial charge in [0.1, 0.15) is 13.2 Å². The Morgan fingerprint density at radius 2 is 1.68 bits per heavy atom. The topological polar surface area (TPSA) is 108 Å². The van der Waals surface area contributed by atoms with Gasteiger partial charge in [0.15, 0.2) is 17.3 Å². The highest BCUT2D eigenvalue weighted by atomic mass is 16.6. The molecule has 0 unspecified atom stereocenters. The molecule has 6 rings (SSSR count). The lowest BCUT2D eigenvalue weighted by Crippen LogP contribution is -2.62. The predicted molar refractivity (Wildman–Crippen MR) is 191 cm³/mol. The Labute approximate surface area is 296 Å². The zero-order valence-electron chi connectivity index (χ0n) is 30.9. The van der Waals surface area contributed by atoms with Crippen molar-refractivity contribution in [1.82, 2.24) is 0 Å². The molecular weight excluding hydrogens is 632 g/mol. The first kappa shape index (κ1) is 35.7. The number of methoxy groups -OCH3 is 2. The van der Waals surface area contributed by atoms with E-state index in [0.717, 1.165) is 61.7 Å². The number of esters is 2. The minimum absolute atomic E-state index is 0.0576. The average Bonchev–Trinajstić information content (AvgIpc) is 3.10. The summed E-state index contributed by atoms with van der Waals surface area (Å²) in [6.45, 7) is 13.8. The Kier molecular flexibility index (Phi) is 9.01. The maximum absolute atomic E-state index is 13.9. The normalized spacial score (nSPS) is 34.7. The van der Waals surface area contributed by atoms with Crippen molar-refractivity contribution >= 4 is 23.8 Å². The molecule has 0 heterocycles. The van der Waals surface area contributed by atoms with E-state index in [9.17, 15) is 19.5 Å². The second-order valence-electron chi connectivity index (χ2n) is 16.4. The van der Waals surface area contributed by atoms with Crippen LogP contribution in [0.25, 0.3) is 6.08 Å². The molecule has 0 aromatic heterocycles. The van der Waals surface area contributed by atoms with Crippen LogP contribution in [0.15, 0.2) is 70.6 Å². The quantitative estimate of drug-likeness (QED) is 0.165. The molecule has 3 saturated carbocycles. The molecule has 0 saturated heterocycles. The van der Waals surface area contributed by atoms with Crippen molar-refractivity contribution in [2.24, 2.45) is 33.0 Å². The number of fused-ring (bicyclic) bond motifs is 7. The van der Waals surface area contributed by atoms with Crippen LogP contribution in [-0.2, 0) is 23.9 Å². The molecule has 1 aromatic carbocycles. The molecule has 0 spiro atoms. The lowest BCUT2D eigenvalue weighted by molar-refractivity contribution is -0.182. The number of hydrogen-bond donors (Lipinski definition) is 1. The van der Waals surface area contributed by atoms with Gasteiger partial charge in [-0.1, -0.05) is 51.5 Å². The fourth-order valence-electron chi connectivity index (χ4n) is 10.2. The van der Waals surface area contributed by atoms with Crippen LogP contribution < -0.4 is 9.47 Å². The molecule has 8 nitrogen and oxygen atoms in total. The highest BCUT2D eigenvalue weighted by Gasteiger charge is 2.67. The zero-order valence-corrected chi connectivity index (χ0v) is 30.9. The van der Waals surface area contributed by atoms with E-state index in [0.29, 0.717) is 23.0 Å². The fraction of sp³-hybridized carbons (Fsp3) is 0.548. The lowest BCUT2D eigenvalue weighted by Gasteiger charge is -2.70. The Hall–Kier alpha value is -4.07. The minimum atomic E-state index is -0.617. The number of aliphatic hydroxyl groups excluding tert-OH is 1. The van der Waals surface area contributed by atoms with Crippen molar-refractivity contribution in [2.75, 3.05) is 27.4 Å². The van der Waals surface area contributed by atoms with Gasteiger partial charge < -0.3 is 24.1 Å². The van der Waals surface area contributed by atoms with Gasteiger partial charge in [-0.2, -0.15) is 0 Å². The van der Waals surface area contributed by atoms with Gasteiger partial charge in [0, 0.05) is 17.1 Å². The number of carbonyl (C=O) groups is 3. The van der Waals surface area contributed by atoms with Crippen LogP contribution in [0.2, 0.25) is 0 Å². The number of carbonyl (C=O) groups excluding carboxylic acids is 3. The summed E-state index contributed by atoms with van der Waals surface area (Å²) in [4.78, 5) is 38.2. The van der Waals surface area contributed by atoms with Gasteiger partial charge in [-0.25, -0.2) is 4.79 Å². The minimum Gasteiger partial charge on any atom is -0.504 e. The maximum atomic E-state index is 13.9. The van der Waals surface area contributed by atoms with Gasteiger partial charge in [0.25, 0.3) is 0 Å². The van der Waals surface area contributed by atoms with Crippen molar-refractivity contribution in [2.45, 2.75) is 86.5 Å². The Morgan fingerprint density at radius 1 is 0.940 bits per heavy atom. The van der Waals surface area contributed by atoms with Crippen molar-refractivity contribution in [3.8, 4) is 11.5 Å². The predicted octanol–water partition coefficient (Wildman–Crippen LogP) is 8.43. The number of rotatable bonds is 8. The summed E-state index contributed by atoms with van der Waals surface area (Å²) in [5, 5.41) is 10.4. The average molecular weight is 685 g/mol. The SMILES string of the molecule is COC(=O)/C=C\c1ccc(OC)c(OCCOC(=O)[C@]2(C)CC[C@]3(C)CC[C@]4(C)C5=CC=C6C(=CC(=O)C(O)=C6C)[C@]5(C)CC[C@@]4(C)[C@@H]3C2)c1. The van der Waals surface area contributed by atoms with Crippen molar-refractivity contribution in [1.29, 1.82) is 0 Å². The van der Waals surface area contributed by atoms with E-state index in [1.165, 1.54) is 18.8 Å². The third kappa shape index (κ3) is 5.54. The maximum Gasteiger partial charge on any atom is 0.330 e. The summed E-state index contributed by atoms with van der Waals surface area (Å²) in [5.74, 6) is 0.247. The van der Waals surface area contributed by atoms with Crippen molar-refractivity contribution < 1.29 is 38.4 Å². The summed E-state index contributed by atoms with van der Waals surface area (Å²) < 4.78 is 22.0. The molecule has 3 fully saturated rings. The van der Waals surface area contributed by atoms with Crippen LogP contribution in [0.4, 0.5) is 0 Å². The van der Waals surface area contributed by atoms with Crippen LogP contribution >= 0.6 is 0 Å². The molecule has 1 N–H and O–H groups in total. The first-order valence-electron chi connectivity index (χ1n) is 17.9. The lowest BCUT2D eigenvalue weighted by atomic mass is 9.34. The molecule has 0 radical (unpaired) electrons. The van der Waals surface area contributed by atoms with E-state index >= 15 is 0 Å². The molecule has 0 bridgehead atoms. The number of ether oxygens (including phenoxy) is 4. The summed E-state index contributed by atoms with van der Waals surface area (Å²) in [6.07, 6.45) is 15.6. The molecule has 8 heteroatoms. The van der Waals surface area contributed by atoms with Crippen molar-refractivity contribution in [3.05, 3.63) is 76.1 Å². The number of aliphatic hydroxyl groups is 1. The van der Waals surface area contributed by atoms with Gasteiger partial charge in [-0.15, -0.1) is 0 Å². The molecule has 5 aliphatic rings.